The van der Waals surface area contributed by atoms with Crippen LogP contribution in [0.25, 0.3) is 0 Å². The average molecular weight is 368 g/mol. The molecule has 1 aliphatic heterocycles. The van der Waals surface area contributed by atoms with Gasteiger partial charge in [0.2, 0.25) is 6.79 Å². The summed E-state index contributed by atoms with van der Waals surface area (Å²) in [6.07, 6.45) is 1.63. The van der Waals surface area contributed by atoms with E-state index in [0.29, 0.717) is 20.9 Å². The highest BCUT2D eigenvalue weighted by Gasteiger charge is 2.12. The van der Waals surface area contributed by atoms with Crippen LogP contribution in [-0.2, 0) is 0 Å². The van der Waals surface area contributed by atoms with Gasteiger partial charge in [0.25, 0.3) is 0 Å². The molecule has 0 spiro atoms. The van der Waals surface area contributed by atoms with Crippen LogP contribution in [0.5, 0.6) is 11.5 Å². The summed E-state index contributed by atoms with van der Waals surface area (Å²) in [6, 6.07) is 10.7. The summed E-state index contributed by atoms with van der Waals surface area (Å²) in [5.41, 5.74) is 4.30. The number of nitrogens with zero attached hydrogens (tertiary/aromatic N) is 1. The summed E-state index contributed by atoms with van der Waals surface area (Å²) in [6.45, 7) is 0.242. The first-order chi connectivity index (χ1) is 11.1. The fourth-order valence-corrected chi connectivity index (χ4v) is 2.36. The molecule has 118 valence electrons. The highest BCUT2D eigenvalue weighted by atomic mass is 35.5. The van der Waals surface area contributed by atoms with Crippen molar-refractivity contribution in [1.82, 2.24) is 5.43 Å². The molecule has 0 bridgehead atoms. The minimum Gasteiger partial charge on any atom is -0.454 e. The predicted molar refractivity (Wildman–Crippen MR) is 96.0 cm³/mol. The zero-order valence-corrected chi connectivity index (χ0v) is 14.0. The minimum absolute atomic E-state index is 0.242. The molecule has 23 heavy (non-hydrogen) atoms. The fraction of sp³-hybridized carbons (Fsp3) is 0.0667. The van der Waals surface area contributed by atoms with Crippen LogP contribution in [0, 0.1) is 0 Å². The lowest BCUT2D eigenvalue weighted by Gasteiger charge is -2.07. The molecule has 1 heterocycles. The number of halogens is 2. The maximum atomic E-state index is 5.94. The molecule has 0 fully saturated rings. The molecule has 2 aromatic rings. The average Bonchev–Trinajstić information content (AvgIpc) is 2.98. The number of hydrogen-bond acceptors (Lipinski definition) is 4. The molecule has 0 radical (unpaired) electrons. The Balaban J connectivity index is 1.57. The predicted octanol–water partition coefficient (Wildman–Crippen LogP) is 4.04. The quantitative estimate of drug-likeness (QED) is 0.487. The molecule has 8 heteroatoms. The first-order valence-electron chi connectivity index (χ1n) is 6.56. The Morgan fingerprint density at radius 1 is 1.09 bits per heavy atom. The van der Waals surface area contributed by atoms with Gasteiger partial charge in [0.05, 0.1) is 16.3 Å². The van der Waals surface area contributed by atoms with Gasteiger partial charge in [-0.05, 0) is 54.2 Å². The Morgan fingerprint density at radius 3 is 2.74 bits per heavy atom. The number of anilines is 1. The molecular formula is C15H11Cl2N3O2S. The van der Waals surface area contributed by atoms with Gasteiger partial charge in [-0.25, -0.2) is 0 Å². The standard InChI is InChI=1S/C15H11Cl2N3O2S/c16-11-3-2-10(6-12(11)17)19-15(23)20-18-7-9-1-4-13-14(5-9)22-8-21-13/h1-7H,8H2,(H2,19,20,23)/b18-7+. The van der Waals surface area contributed by atoms with E-state index in [4.69, 9.17) is 44.9 Å². The fourth-order valence-electron chi connectivity index (χ4n) is 1.89. The van der Waals surface area contributed by atoms with Gasteiger partial charge in [0.15, 0.2) is 16.6 Å². The van der Waals surface area contributed by atoms with Crippen LogP contribution in [0.2, 0.25) is 10.0 Å². The smallest absolute Gasteiger partial charge is 0.231 e. The van der Waals surface area contributed by atoms with Crippen molar-refractivity contribution < 1.29 is 9.47 Å². The summed E-state index contributed by atoms with van der Waals surface area (Å²) in [4.78, 5) is 0. The van der Waals surface area contributed by atoms with Gasteiger partial charge in [-0.15, -0.1) is 0 Å². The number of thiocarbonyl (C=S) groups is 1. The van der Waals surface area contributed by atoms with Gasteiger partial charge >= 0.3 is 0 Å². The van der Waals surface area contributed by atoms with Crippen molar-refractivity contribution in [3.63, 3.8) is 0 Å². The molecule has 2 N–H and O–H groups in total. The molecular weight excluding hydrogens is 357 g/mol. The molecule has 0 saturated heterocycles. The van der Waals surface area contributed by atoms with Gasteiger partial charge in [-0.2, -0.15) is 5.10 Å². The number of nitrogens with one attached hydrogen (secondary N) is 2. The van der Waals surface area contributed by atoms with Gasteiger partial charge in [0, 0.05) is 5.69 Å². The topological polar surface area (TPSA) is 54.9 Å². The monoisotopic (exact) mass is 367 g/mol. The van der Waals surface area contributed by atoms with E-state index in [9.17, 15) is 0 Å². The number of fused-ring (bicyclic) bond motifs is 1. The van der Waals surface area contributed by atoms with E-state index in [1.807, 2.05) is 18.2 Å². The van der Waals surface area contributed by atoms with E-state index in [1.54, 1.807) is 24.4 Å². The van der Waals surface area contributed by atoms with E-state index in [0.717, 1.165) is 17.0 Å². The SMILES string of the molecule is S=C(N/N=C/c1ccc2c(c1)OCO2)Nc1ccc(Cl)c(Cl)c1. The normalized spacial score (nSPS) is 12.4. The molecule has 2 aromatic carbocycles. The summed E-state index contributed by atoms with van der Waals surface area (Å²) in [5.74, 6) is 1.43. The highest BCUT2D eigenvalue weighted by molar-refractivity contribution is 7.80. The zero-order valence-electron chi connectivity index (χ0n) is 11.7. The van der Waals surface area contributed by atoms with E-state index >= 15 is 0 Å². The van der Waals surface area contributed by atoms with Crippen LogP contribution < -0.4 is 20.2 Å². The summed E-state index contributed by atoms with van der Waals surface area (Å²) < 4.78 is 10.5. The Kier molecular flexibility index (Phi) is 4.85. The third-order valence-electron chi connectivity index (χ3n) is 2.95. The Hall–Kier alpha value is -2.02. The summed E-state index contributed by atoms with van der Waals surface area (Å²) >= 11 is 16.9. The second kappa shape index (κ2) is 7.04. The first kappa shape index (κ1) is 15.9. The van der Waals surface area contributed by atoms with Crippen LogP contribution >= 0.6 is 35.4 Å². The molecule has 0 aliphatic carbocycles. The van der Waals surface area contributed by atoms with Gasteiger partial charge in [-0.3, -0.25) is 5.43 Å². The van der Waals surface area contributed by atoms with Crippen LogP contribution in [0.1, 0.15) is 5.56 Å². The van der Waals surface area contributed by atoms with Crippen molar-refractivity contribution in [2.45, 2.75) is 0 Å². The van der Waals surface area contributed by atoms with Crippen LogP contribution in [0.3, 0.4) is 0 Å². The van der Waals surface area contributed by atoms with Gasteiger partial charge in [-0.1, -0.05) is 23.2 Å². The van der Waals surface area contributed by atoms with Crippen molar-refractivity contribution in [1.29, 1.82) is 0 Å². The molecule has 0 aromatic heterocycles. The van der Waals surface area contributed by atoms with Crippen molar-refractivity contribution >= 4 is 52.4 Å². The number of benzene rings is 2. The van der Waals surface area contributed by atoms with E-state index < -0.39 is 0 Å². The molecule has 1 aliphatic rings. The number of ether oxygens (including phenoxy) is 2. The molecule has 0 atom stereocenters. The van der Waals surface area contributed by atoms with Crippen molar-refractivity contribution in [3.05, 3.63) is 52.0 Å². The molecule has 0 saturated carbocycles. The van der Waals surface area contributed by atoms with Crippen LogP contribution in [0.15, 0.2) is 41.5 Å². The summed E-state index contributed by atoms with van der Waals surface area (Å²) in [5, 5.41) is 8.29. The van der Waals surface area contributed by atoms with E-state index in [2.05, 4.69) is 15.8 Å². The largest absolute Gasteiger partial charge is 0.454 e. The third kappa shape index (κ3) is 4.04. The highest BCUT2D eigenvalue weighted by Crippen LogP contribution is 2.32. The molecule has 5 nitrogen and oxygen atoms in total. The minimum atomic E-state index is 0.242. The molecule has 3 rings (SSSR count). The number of rotatable bonds is 3. The second-order valence-electron chi connectivity index (χ2n) is 4.57. The van der Waals surface area contributed by atoms with Crippen molar-refractivity contribution in [2.24, 2.45) is 5.10 Å². The lowest BCUT2D eigenvalue weighted by atomic mass is 10.2. The molecule has 0 amide bonds. The second-order valence-corrected chi connectivity index (χ2v) is 5.79. The van der Waals surface area contributed by atoms with Gasteiger partial charge in [0.1, 0.15) is 0 Å². The number of hydrogen-bond donors (Lipinski definition) is 2. The Labute approximate surface area is 148 Å². The zero-order chi connectivity index (χ0) is 16.2. The maximum Gasteiger partial charge on any atom is 0.231 e. The lowest BCUT2D eigenvalue weighted by molar-refractivity contribution is 0.174. The van der Waals surface area contributed by atoms with Gasteiger partial charge < -0.3 is 14.8 Å². The Bertz CT molecular complexity index is 783. The summed E-state index contributed by atoms with van der Waals surface area (Å²) in [7, 11) is 0. The lowest BCUT2D eigenvalue weighted by Crippen LogP contribution is -2.23. The van der Waals surface area contributed by atoms with E-state index in [-0.39, 0.29) is 6.79 Å². The third-order valence-corrected chi connectivity index (χ3v) is 3.89. The van der Waals surface area contributed by atoms with Crippen LogP contribution in [-0.4, -0.2) is 18.1 Å². The van der Waals surface area contributed by atoms with Crippen LogP contribution in [0.4, 0.5) is 5.69 Å². The maximum absolute atomic E-state index is 5.94. The number of hydrazone groups is 1. The van der Waals surface area contributed by atoms with Crippen molar-refractivity contribution in [3.8, 4) is 11.5 Å². The Morgan fingerprint density at radius 2 is 1.91 bits per heavy atom. The van der Waals surface area contributed by atoms with Crippen molar-refractivity contribution in [2.75, 3.05) is 12.1 Å². The molecule has 0 unspecified atom stereocenters. The van der Waals surface area contributed by atoms with E-state index in [1.165, 1.54) is 0 Å². The first-order valence-corrected chi connectivity index (χ1v) is 7.73.